The molecular weight excluding hydrogens is 232 g/mol. The second-order valence-electron chi connectivity index (χ2n) is 3.99. The van der Waals surface area contributed by atoms with Gasteiger partial charge < -0.3 is 14.2 Å². The summed E-state index contributed by atoms with van der Waals surface area (Å²) in [6, 6.07) is 1.83. The second-order valence-corrected chi connectivity index (χ2v) is 3.99. The topological polar surface area (TPSA) is 44.8 Å². The summed E-state index contributed by atoms with van der Waals surface area (Å²) < 4.78 is 16.0. The number of ether oxygens (including phenoxy) is 3. The van der Waals surface area contributed by atoms with Crippen LogP contribution in [-0.4, -0.2) is 27.6 Å². The highest BCUT2D eigenvalue weighted by Crippen LogP contribution is 2.45. The number of hydrogen-bond acceptors (Lipinski definition) is 4. The Kier molecular flexibility index (Phi) is 3.55. The summed E-state index contributed by atoms with van der Waals surface area (Å²) in [4.78, 5) is 11.1. The van der Waals surface area contributed by atoms with Gasteiger partial charge in [-0.2, -0.15) is 0 Å². The van der Waals surface area contributed by atoms with Gasteiger partial charge >= 0.3 is 0 Å². The van der Waals surface area contributed by atoms with E-state index in [-0.39, 0.29) is 0 Å². The number of benzene rings is 1. The van der Waals surface area contributed by atoms with Crippen molar-refractivity contribution < 1.29 is 19.0 Å². The molecule has 0 spiro atoms. The Morgan fingerprint density at radius 1 is 1.11 bits per heavy atom. The fourth-order valence-corrected chi connectivity index (χ4v) is 2.32. The summed E-state index contributed by atoms with van der Waals surface area (Å²) in [7, 11) is 4.74. The molecule has 0 saturated heterocycles. The molecule has 0 saturated carbocycles. The predicted octanol–water partition coefficient (Wildman–Crippen LogP) is 2.24. The Hall–Kier alpha value is -1.97. The monoisotopic (exact) mass is 248 g/mol. The number of methoxy groups -OCH3 is 3. The van der Waals surface area contributed by atoms with Crippen molar-refractivity contribution in [1.82, 2.24) is 0 Å². The Bertz CT molecular complexity index is 503. The molecule has 96 valence electrons. The van der Waals surface area contributed by atoms with Crippen molar-refractivity contribution in [2.45, 2.75) is 12.8 Å². The Morgan fingerprint density at radius 3 is 2.39 bits per heavy atom. The number of allylic oxidation sites excluding steroid dienone is 2. The first-order valence-electron chi connectivity index (χ1n) is 5.74. The number of hydrogen-bond donors (Lipinski definition) is 0. The van der Waals surface area contributed by atoms with Gasteiger partial charge in [-0.3, -0.25) is 4.79 Å². The Labute approximate surface area is 106 Å². The maximum absolute atomic E-state index is 11.1. The second kappa shape index (κ2) is 5.12. The molecular formula is C14H16O4. The summed E-state index contributed by atoms with van der Waals surface area (Å²) in [5.74, 6) is 1.80. The van der Waals surface area contributed by atoms with Gasteiger partial charge in [0, 0.05) is 11.1 Å². The Balaban J connectivity index is 2.71. The zero-order chi connectivity index (χ0) is 13.1. The average Bonchev–Trinajstić information content (AvgIpc) is 2.44. The van der Waals surface area contributed by atoms with E-state index in [9.17, 15) is 4.79 Å². The summed E-state index contributed by atoms with van der Waals surface area (Å²) in [6.45, 7) is 0. The maximum atomic E-state index is 11.1. The summed E-state index contributed by atoms with van der Waals surface area (Å²) >= 11 is 0. The van der Waals surface area contributed by atoms with Crippen LogP contribution in [0.2, 0.25) is 0 Å². The van der Waals surface area contributed by atoms with Crippen LogP contribution in [0.4, 0.5) is 0 Å². The van der Waals surface area contributed by atoms with Crippen LogP contribution < -0.4 is 14.2 Å². The van der Waals surface area contributed by atoms with Crippen molar-refractivity contribution in [3.63, 3.8) is 0 Å². The molecule has 0 radical (unpaired) electrons. The minimum Gasteiger partial charge on any atom is -0.493 e. The quantitative estimate of drug-likeness (QED) is 0.766. The van der Waals surface area contributed by atoms with Gasteiger partial charge in [0.25, 0.3) is 0 Å². The first kappa shape index (κ1) is 12.5. The molecule has 4 heteroatoms. The minimum atomic E-state index is 0.572. The number of aldehydes is 1. The van der Waals surface area contributed by atoms with Crippen molar-refractivity contribution in [3.05, 3.63) is 23.3 Å². The van der Waals surface area contributed by atoms with Gasteiger partial charge in [-0.1, -0.05) is 6.08 Å². The number of rotatable bonds is 4. The van der Waals surface area contributed by atoms with Crippen molar-refractivity contribution in [2.75, 3.05) is 21.3 Å². The van der Waals surface area contributed by atoms with Crippen molar-refractivity contribution in [3.8, 4) is 17.2 Å². The normalized spacial score (nSPS) is 13.4. The van der Waals surface area contributed by atoms with E-state index in [2.05, 4.69) is 0 Å². The molecule has 1 aromatic carbocycles. The van der Waals surface area contributed by atoms with E-state index < -0.39 is 0 Å². The molecule has 0 amide bonds. The van der Waals surface area contributed by atoms with E-state index in [1.807, 2.05) is 12.1 Å². The highest BCUT2D eigenvalue weighted by Gasteiger charge is 2.23. The van der Waals surface area contributed by atoms with Crippen molar-refractivity contribution >= 4 is 11.9 Å². The summed E-state index contributed by atoms with van der Waals surface area (Å²) in [5.41, 5.74) is 2.54. The van der Waals surface area contributed by atoms with Crippen LogP contribution in [0, 0.1) is 0 Å². The van der Waals surface area contributed by atoms with Crippen LogP contribution >= 0.6 is 0 Å². The van der Waals surface area contributed by atoms with Gasteiger partial charge in [-0.15, -0.1) is 0 Å². The average molecular weight is 248 g/mol. The van der Waals surface area contributed by atoms with Crippen LogP contribution in [0.1, 0.15) is 17.5 Å². The van der Waals surface area contributed by atoms with Crippen LogP contribution in [0.25, 0.3) is 5.57 Å². The fraction of sp³-hybridized carbons (Fsp3) is 0.357. The van der Waals surface area contributed by atoms with Gasteiger partial charge in [0.2, 0.25) is 5.75 Å². The Morgan fingerprint density at radius 2 is 1.83 bits per heavy atom. The largest absolute Gasteiger partial charge is 0.493 e. The lowest BCUT2D eigenvalue weighted by Gasteiger charge is -2.21. The molecule has 18 heavy (non-hydrogen) atoms. The lowest BCUT2D eigenvalue weighted by atomic mass is 9.90. The van der Waals surface area contributed by atoms with E-state index in [1.54, 1.807) is 21.3 Å². The molecule has 0 unspecified atom stereocenters. The van der Waals surface area contributed by atoms with Crippen molar-refractivity contribution in [2.24, 2.45) is 0 Å². The highest BCUT2D eigenvalue weighted by atomic mass is 16.5. The third-order valence-electron chi connectivity index (χ3n) is 3.13. The fourth-order valence-electron chi connectivity index (χ4n) is 2.32. The third kappa shape index (κ3) is 1.83. The smallest absolute Gasteiger partial charge is 0.203 e. The van der Waals surface area contributed by atoms with Gasteiger partial charge in [0.1, 0.15) is 6.29 Å². The molecule has 0 aromatic heterocycles. The van der Waals surface area contributed by atoms with Crippen LogP contribution in [-0.2, 0) is 11.2 Å². The molecule has 0 bridgehead atoms. The van der Waals surface area contributed by atoms with Gasteiger partial charge in [-0.05, 0) is 24.5 Å². The molecule has 0 heterocycles. The van der Waals surface area contributed by atoms with E-state index in [1.165, 1.54) is 0 Å². The van der Waals surface area contributed by atoms with E-state index in [4.69, 9.17) is 14.2 Å². The SMILES string of the molecule is COc1cc2c(c(OC)c1OC)CCC=C2C=O. The van der Waals surface area contributed by atoms with Gasteiger partial charge in [0.15, 0.2) is 11.5 Å². The van der Waals surface area contributed by atoms with Crippen LogP contribution in [0.5, 0.6) is 17.2 Å². The summed E-state index contributed by atoms with van der Waals surface area (Å²) in [6.07, 6.45) is 4.45. The van der Waals surface area contributed by atoms with Crippen molar-refractivity contribution in [1.29, 1.82) is 0 Å². The molecule has 4 nitrogen and oxygen atoms in total. The number of carbonyl (C=O) groups excluding carboxylic acids is 1. The van der Waals surface area contributed by atoms with E-state index >= 15 is 0 Å². The number of fused-ring (bicyclic) bond motifs is 1. The highest BCUT2D eigenvalue weighted by molar-refractivity contribution is 6.08. The minimum absolute atomic E-state index is 0.572. The zero-order valence-electron chi connectivity index (χ0n) is 10.8. The van der Waals surface area contributed by atoms with Gasteiger partial charge in [-0.25, -0.2) is 0 Å². The molecule has 0 atom stereocenters. The lowest BCUT2D eigenvalue weighted by molar-refractivity contribution is -0.103. The first-order valence-corrected chi connectivity index (χ1v) is 5.74. The third-order valence-corrected chi connectivity index (χ3v) is 3.13. The number of carbonyl (C=O) groups is 1. The molecule has 0 fully saturated rings. The molecule has 1 aliphatic rings. The molecule has 1 aliphatic carbocycles. The van der Waals surface area contributed by atoms with E-state index in [0.717, 1.165) is 30.3 Å². The molecule has 0 N–H and O–H groups in total. The molecule has 2 rings (SSSR count). The van der Waals surface area contributed by atoms with Crippen LogP contribution in [0.15, 0.2) is 12.1 Å². The standard InChI is InChI=1S/C14H16O4/c1-16-12-7-11-9(8-15)5-4-6-10(11)13(17-2)14(12)18-3/h5,7-8H,4,6H2,1-3H3. The zero-order valence-corrected chi connectivity index (χ0v) is 10.8. The van der Waals surface area contributed by atoms with E-state index in [0.29, 0.717) is 22.8 Å². The molecule has 0 aliphatic heterocycles. The molecule has 1 aromatic rings. The van der Waals surface area contributed by atoms with Gasteiger partial charge in [0.05, 0.1) is 21.3 Å². The van der Waals surface area contributed by atoms with Crippen LogP contribution in [0.3, 0.4) is 0 Å². The predicted molar refractivity (Wildman–Crippen MR) is 68.5 cm³/mol. The first-order chi connectivity index (χ1) is 8.76. The summed E-state index contributed by atoms with van der Waals surface area (Å²) in [5, 5.41) is 0. The maximum Gasteiger partial charge on any atom is 0.203 e. The lowest BCUT2D eigenvalue weighted by Crippen LogP contribution is -2.06.